The summed E-state index contributed by atoms with van der Waals surface area (Å²) in [7, 11) is 0. The van der Waals surface area contributed by atoms with E-state index in [2.05, 4.69) is 10.3 Å². The Kier molecular flexibility index (Phi) is 4.85. The van der Waals surface area contributed by atoms with E-state index in [-0.39, 0.29) is 11.9 Å². The first kappa shape index (κ1) is 15.2. The lowest BCUT2D eigenvalue weighted by molar-refractivity contribution is 0.0206. The van der Waals surface area contributed by atoms with Crippen molar-refractivity contribution in [2.45, 2.75) is 25.9 Å². The molecular formula is C17H21FN2O2. The molecule has 0 spiro atoms. The number of anilines is 1. The summed E-state index contributed by atoms with van der Waals surface area (Å²) in [5, 5.41) is 4.10. The molecule has 3 rings (SSSR count). The third-order valence-electron chi connectivity index (χ3n) is 3.79. The second kappa shape index (κ2) is 7.03. The summed E-state index contributed by atoms with van der Waals surface area (Å²) in [6.07, 6.45) is 2.46. The van der Waals surface area contributed by atoms with Crippen LogP contribution in [0.15, 0.2) is 24.3 Å². The molecule has 4 nitrogen and oxygen atoms in total. The summed E-state index contributed by atoms with van der Waals surface area (Å²) in [5.41, 5.74) is 2.59. The second-order valence-electron chi connectivity index (χ2n) is 5.61. The molecule has 1 aliphatic rings. The number of halogens is 1. The summed E-state index contributed by atoms with van der Waals surface area (Å²) < 4.78 is 24.6. The van der Waals surface area contributed by atoms with Crippen molar-refractivity contribution < 1.29 is 13.9 Å². The van der Waals surface area contributed by atoms with Gasteiger partial charge in [0.2, 0.25) is 0 Å². The number of hydrogen-bond donors (Lipinski definition) is 1. The average molecular weight is 304 g/mol. The number of aromatic nitrogens is 1. The fraction of sp³-hybridized carbons (Fsp3) is 0.471. The number of hydrogen-bond acceptors (Lipinski definition) is 4. The summed E-state index contributed by atoms with van der Waals surface area (Å²) >= 11 is 0. The first-order valence-corrected chi connectivity index (χ1v) is 7.72. The minimum absolute atomic E-state index is 0.248. The van der Waals surface area contributed by atoms with Crippen molar-refractivity contribution in [3.63, 3.8) is 0 Å². The van der Waals surface area contributed by atoms with E-state index in [1.54, 1.807) is 6.07 Å². The Balaban J connectivity index is 1.57. The molecular weight excluding hydrogens is 283 g/mol. The van der Waals surface area contributed by atoms with Crippen LogP contribution in [0.25, 0.3) is 10.9 Å². The smallest absolute Gasteiger partial charge is 0.124 e. The van der Waals surface area contributed by atoms with Crippen LogP contribution in [0.1, 0.15) is 18.5 Å². The predicted octanol–water partition coefficient (Wildman–Crippen LogP) is 3.29. The molecule has 118 valence electrons. The second-order valence-corrected chi connectivity index (χ2v) is 5.61. The van der Waals surface area contributed by atoms with Crippen LogP contribution in [0.2, 0.25) is 0 Å². The fourth-order valence-corrected chi connectivity index (χ4v) is 2.73. The third-order valence-corrected chi connectivity index (χ3v) is 3.79. The van der Waals surface area contributed by atoms with Crippen LogP contribution in [0, 0.1) is 12.7 Å². The maximum atomic E-state index is 13.4. The van der Waals surface area contributed by atoms with E-state index in [4.69, 9.17) is 9.47 Å². The van der Waals surface area contributed by atoms with Gasteiger partial charge in [0.25, 0.3) is 0 Å². The Morgan fingerprint density at radius 1 is 1.41 bits per heavy atom. The Morgan fingerprint density at radius 2 is 2.32 bits per heavy atom. The summed E-state index contributed by atoms with van der Waals surface area (Å²) in [4.78, 5) is 4.42. The number of aryl methyl sites for hydroxylation is 1. The SMILES string of the molecule is Cc1cc(NCCOCC2CCCO2)c2cc(F)ccc2n1. The number of fused-ring (bicyclic) bond motifs is 1. The van der Waals surface area contributed by atoms with Crippen LogP contribution < -0.4 is 5.32 Å². The zero-order valence-corrected chi connectivity index (χ0v) is 12.8. The molecule has 0 radical (unpaired) electrons. The van der Waals surface area contributed by atoms with Crippen molar-refractivity contribution in [2.75, 3.05) is 31.7 Å². The number of nitrogens with zero attached hydrogens (tertiary/aromatic N) is 1. The largest absolute Gasteiger partial charge is 0.382 e. The lowest BCUT2D eigenvalue weighted by Gasteiger charge is -2.13. The van der Waals surface area contributed by atoms with Crippen molar-refractivity contribution in [3.8, 4) is 0 Å². The van der Waals surface area contributed by atoms with Gasteiger partial charge in [0, 0.05) is 29.9 Å². The summed E-state index contributed by atoms with van der Waals surface area (Å²) in [6.45, 7) is 4.69. The van der Waals surface area contributed by atoms with Crippen LogP contribution in [-0.2, 0) is 9.47 Å². The molecule has 1 fully saturated rings. The van der Waals surface area contributed by atoms with Crippen molar-refractivity contribution >= 4 is 16.6 Å². The van der Waals surface area contributed by atoms with E-state index in [1.165, 1.54) is 12.1 Å². The number of ether oxygens (including phenoxy) is 2. The van der Waals surface area contributed by atoms with E-state index >= 15 is 0 Å². The van der Waals surface area contributed by atoms with Crippen LogP contribution in [0.4, 0.5) is 10.1 Å². The zero-order valence-electron chi connectivity index (χ0n) is 12.8. The Labute approximate surface area is 129 Å². The molecule has 1 atom stereocenters. The van der Waals surface area contributed by atoms with Gasteiger partial charge in [-0.2, -0.15) is 0 Å². The maximum absolute atomic E-state index is 13.4. The Bertz CT molecular complexity index is 642. The number of nitrogens with one attached hydrogen (secondary N) is 1. The highest BCUT2D eigenvalue weighted by atomic mass is 19.1. The summed E-state index contributed by atoms with van der Waals surface area (Å²) in [6, 6.07) is 6.58. The van der Waals surface area contributed by atoms with Gasteiger partial charge in [-0.15, -0.1) is 0 Å². The number of benzene rings is 1. The van der Waals surface area contributed by atoms with E-state index in [1.807, 2.05) is 13.0 Å². The lowest BCUT2D eigenvalue weighted by atomic mass is 10.1. The Morgan fingerprint density at radius 3 is 3.14 bits per heavy atom. The minimum Gasteiger partial charge on any atom is -0.382 e. The van der Waals surface area contributed by atoms with Crippen molar-refractivity contribution in [1.82, 2.24) is 4.98 Å². The molecule has 1 aliphatic heterocycles. The van der Waals surface area contributed by atoms with Crippen LogP contribution in [0.5, 0.6) is 0 Å². The Hall–Kier alpha value is -1.72. The van der Waals surface area contributed by atoms with Crippen LogP contribution in [0.3, 0.4) is 0 Å². The van der Waals surface area contributed by atoms with E-state index in [9.17, 15) is 4.39 Å². The van der Waals surface area contributed by atoms with Crippen molar-refractivity contribution in [3.05, 3.63) is 35.8 Å². The van der Waals surface area contributed by atoms with E-state index in [0.29, 0.717) is 19.8 Å². The summed E-state index contributed by atoms with van der Waals surface area (Å²) in [5.74, 6) is -0.254. The molecule has 0 amide bonds. The highest BCUT2D eigenvalue weighted by molar-refractivity contribution is 5.91. The third kappa shape index (κ3) is 3.72. The molecule has 1 N–H and O–H groups in total. The van der Waals surface area contributed by atoms with Gasteiger partial charge in [0.15, 0.2) is 0 Å². The zero-order chi connectivity index (χ0) is 15.4. The van der Waals surface area contributed by atoms with Gasteiger partial charge in [-0.1, -0.05) is 0 Å². The molecule has 22 heavy (non-hydrogen) atoms. The highest BCUT2D eigenvalue weighted by Crippen LogP contribution is 2.23. The van der Waals surface area contributed by atoms with Gasteiger partial charge in [-0.3, -0.25) is 4.98 Å². The normalized spacial score (nSPS) is 18.0. The molecule has 2 aromatic rings. The standard InChI is InChI=1S/C17H21FN2O2/c1-12-9-17(15-10-13(18)4-5-16(15)20-12)19-6-8-21-11-14-3-2-7-22-14/h4-5,9-10,14H,2-3,6-8,11H2,1H3,(H,19,20). The van der Waals surface area contributed by atoms with Crippen molar-refractivity contribution in [1.29, 1.82) is 0 Å². The van der Waals surface area contributed by atoms with E-state index in [0.717, 1.165) is 41.7 Å². The highest BCUT2D eigenvalue weighted by Gasteiger charge is 2.15. The topological polar surface area (TPSA) is 43.4 Å². The van der Waals surface area contributed by atoms with Gasteiger partial charge in [0.1, 0.15) is 5.82 Å². The first-order chi connectivity index (χ1) is 10.7. The molecule has 1 aromatic carbocycles. The molecule has 0 aliphatic carbocycles. The maximum Gasteiger partial charge on any atom is 0.124 e. The number of pyridine rings is 1. The molecule has 2 heterocycles. The molecule has 0 bridgehead atoms. The minimum atomic E-state index is -0.254. The van der Waals surface area contributed by atoms with Crippen LogP contribution >= 0.6 is 0 Å². The van der Waals surface area contributed by atoms with Crippen LogP contribution in [-0.4, -0.2) is 37.5 Å². The van der Waals surface area contributed by atoms with Gasteiger partial charge >= 0.3 is 0 Å². The van der Waals surface area contributed by atoms with Crippen molar-refractivity contribution in [2.24, 2.45) is 0 Å². The predicted molar refractivity (Wildman–Crippen MR) is 84.7 cm³/mol. The van der Waals surface area contributed by atoms with Gasteiger partial charge in [-0.05, 0) is 44.0 Å². The van der Waals surface area contributed by atoms with Gasteiger partial charge < -0.3 is 14.8 Å². The van der Waals surface area contributed by atoms with Gasteiger partial charge in [-0.25, -0.2) is 4.39 Å². The number of rotatable bonds is 6. The molecule has 0 saturated carbocycles. The lowest BCUT2D eigenvalue weighted by Crippen LogP contribution is -2.18. The molecule has 1 aromatic heterocycles. The quantitative estimate of drug-likeness (QED) is 0.832. The molecule has 1 unspecified atom stereocenters. The first-order valence-electron chi connectivity index (χ1n) is 7.72. The molecule has 1 saturated heterocycles. The molecule has 5 heteroatoms. The van der Waals surface area contributed by atoms with Gasteiger partial charge in [0.05, 0.1) is 24.8 Å². The monoisotopic (exact) mass is 304 g/mol. The average Bonchev–Trinajstić information content (AvgIpc) is 3.00. The fourth-order valence-electron chi connectivity index (χ4n) is 2.73. The van der Waals surface area contributed by atoms with E-state index < -0.39 is 0 Å².